The van der Waals surface area contributed by atoms with Crippen LogP contribution in [0, 0.1) is 0 Å². The zero-order valence-electron chi connectivity index (χ0n) is 0.707. The Labute approximate surface area is 154 Å². The summed E-state index contributed by atoms with van der Waals surface area (Å²) in [6.45, 7) is 0. The molecule has 0 aliphatic heterocycles. The van der Waals surface area contributed by atoms with Crippen molar-refractivity contribution in [3.8, 4) is 0 Å². The van der Waals surface area contributed by atoms with E-state index in [4.69, 9.17) is 0 Å². The Bertz CT molecular complexity index is 3.25. The molecule has 0 aromatic heterocycles. The van der Waals surface area contributed by atoms with Crippen LogP contribution < -0.4 is 6.15 Å². The molecule has 0 atom stereocenters. The fraction of sp³-hybridized carbons (Fsp3) is 0. The predicted molar refractivity (Wildman–Crippen MR) is 26.5 cm³/mol. The number of hydrogen-bond donors (Lipinski definition) is 1. The Balaban J connectivity index is 0. The first-order chi connectivity index (χ1) is 0. The molecule has 0 aliphatic carbocycles. The van der Waals surface area contributed by atoms with Gasteiger partial charge in [0.25, 0.3) is 0 Å². The molecule has 0 fully saturated rings. The summed E-state index contributed by atoms with van der Waals surface area (Å²) < 4.78 is 0. The summed E-state index contributed by atoms with van der Waals surface area (Å²) >= 11 is 0. The minimum absolute atomic E-state index is 0. The Morgan fingerprint density at radius 1 is 0.500 bits per heavy atom. The third-order valence-electron chi connectivity index (χ3n) is 0. The van der Waals surface area contributed by atoms with Crippen LogP contribution in [0.25, 0.3) is 0 Å². The molecule has 1 nitrogen and oxygen atoms in total. The van der Waals surface area contributed by atoms with Gasteiger partial charge in [-0.15, -0.1) is 0 Å². The van der Waals surface area contributed by atoms with Crippen molar-refractivity contribution in [3.63, 3.8) is 0 Å². The van der Waals surface area contributed by atoms with Crippen molar-refractivity contribution in [2.45, 2.75) is 0 Å². The van der Waals surface area contributed by atoms with Crippen LogP contribution in [0.3, 0.4) is 0 Å². The standard InChI is InChI=1S/3K.H3N.3H/h;;;1H3;;;. The zero-order chi connectivity index (χ0) is 0. The Morgan fingerprint density at radius 3 is 0.500 bits per heavy atom. The molecule has 0 unspecified atom stereocenters. The summed E-state index contributed by atoms with van der Waals surface area (Å²) in [4.78, 5) is 0. The molecular weight excluding hydrogens is 131 g/mol. The van der Waals surface area contributed by atoms with Crippen LogP contribution in [0.4, 0.5) is 0 Å². The van der Waals surface area contributed by atoms with Crippen LogP contribution in [0.15, 0.2) is 0 Å². The summed E-state index contributed by atoms with van der Waals surface area (Å²) in [6.07, 6.45) is 0. The van der Waals surface area contributed by atoms with Gasteiger partial charge in [-0.2, -0.15) is 0 Å². The quantitative estimate of drug-likeness (QED) is 0.394. The minimum atomic E-state index is 0. The summed E-state index contributed by atoms with van der Waals surface area (Å²) in [5, 5.41) is 0. The van der Waals surface area contributed by atoms with E-state index >= 15 is 0 Å². The van der Waals surface area contributed by atoms with Crippen molar-refractivity contribution in [3.05, 3.63) is 0 Å². The molecule has 0 aromatic rings. The van der Waals surface area contributed by atoms with E-state index in [9.17, 15) is 0 Å². The van der Waals surface area contributed by atoms with Gasteiger partial charge in [-0.25, -0.2) is 0 Å². The van der Waals surface area contributed by atoms with E-state index in [1.54, 1.807) is 0 Å². The molecule has 0 amide bonds. The van der Waals surface area contributed by atoms with E-state index in [-0.39, 0.29) is 160 Å². The third-order valence-corrected chi connectivity index (χ3v) is 0. The molecule has 14 valence electrons. The van der Waals surface area contributed by atoms with Gasteiger partial charge in [0.2, 0.25) is 0 Å². The molecule has 0 aliphatic rings. The maximum absolute atomic E-state index is 0. The Hall–Kier alpha value is 4.87. The first-order valence-corrected chi connectivity index (χ1v) is 0. The van der Waals surface area contributed by atoms with E-state index < -0.39 is 0 Å². The van der Waals surface area contributed by atoms with Crippen LogP contribution in [0.5, 0.6) is 0 Å². The molecule has 0 aromatic carbocycles. The van der Waals surface area contributed by atoms with Gasteiger partial charge < -0.3 is 6.15 Å². The maximum atomic E-state index is 0. The normalized spacial score (nSPS) is 0. The van der Waals surface area contributed by atoms with Gasteiger partial charge >= 0.3 is 154 Å². The molecule has 0 saturated carbocycles. The van der Waals surface area contributed by atoms with Crippen LogP contribution in [-0.4, -0.2) is 154 Å². The second-order valence-electron chi connectivity index (χ2n) is 0. The van der Waals surface area contributed by atoms with Crippen molar-refractivity contribution in [2.24, 2.45) is 0 Å². The molecule has 0 saturated heterocycles. The van der Waals surface area contributed by atoms with E-state index in [0.717, 1.165) is 0 Å². The van der Waals surface area contributed by atoms with Gasteiger partial charge in [0.15, 0.2) is 0 Å². The fourth-order valence-corrected chi connectivity index (χ4v) is 0. The average Bonchev–Trinajstić information content (AvgIpc) is 0. The van der Waals surface area contributed by atoms with Crippen molar-refractivity contribution in [1.29, 1.82) is 0 Å². The summed E-state index contributed by atoms with van der Waals surface area (Å²) in [6, 6.07) is 0. The average molecular weight is 137 g/mol. The monoisotopic (exact) mass is 137 g/mol. The van der Waals surface area contributed by atoms with Crippen LogP contribution in [-0.2, 0) is 0 Å². The van der Waals surface area contributed by atoms with Gasteiger partial charge in [0.1, 0.15) is 0 Å². The van der Waals surface area contributed by atoms with Crippen molar-refractivity contribution in [1.82, 2.24) is 6.15 Å². The Kier molecular flexibility index (Phi) is 90.7. The molecule has 0 spiro atoms. The van der Waals surface area contributed by atoms with Crippen molar-refractivity contribution >= 4 is 154 Å². The van der Waals surface area contributed by atoms with Gasteiger partial charge in [-0.1, -0.05) is 0 Å². The van der Waals surface area contributed by atoms with Crippen LogP contribution in [0.1, 0.15) is 0 Å². The molecule has 3 N–H and O–H groups in total. The summed E-state index contributed by atoms with van der Waals surface area (Å²) in [5.74, 6) is 0. The van der Waals surface area contributed by atoms with Crippen LogP contribution >= 0.6 is 0 Å². The molecular formula is H6K3N. The van der Waals surface area contributed by atoms with Gasteiger partial charge in [0, 0.05) is 0 Å². The van der Waals surface area contributed by atoms with E-state index in [1.165, 1.54) is 0 Å². The number of hydrogen-bond acceptors (Lipinski definition) is 1. The van der Waals surface area contributed by atoms with Gasteiger partial charge in [0.05, 0.1) is 0 Å². The van der Waals surface area contributed by atoms with Crippen molar-refractivity contribution in [2.75, 3.05) is 0 Å². The Morgan fingerprint density at radius 2 is 0.500 bits per heavy atom. The predicted octanol–water partition coefficient (Wildman–Crippen LogP) is -1.78. The summed E-state index contributed by atoms with van der Waals surface area (Å²) in [5.41, 5.74) is 0. The van der Waals surface area contributed by atoms with Crippen LogP contribution in [0.2, 0.25) is 0 Å². The SMILES string of the molecule is N.[KH].[KH].[KH]. The second kappa shape index (κ2) is 15.7. The van der Waals surface area contributed by atoms with Crippen molar-refractivity contribution < 1.29 is 0 Å². The molecule has 0 bridgehead atoms. The second-order valence-corrected chi connectivity index (χ2v) is 0. The summed E-state index contributed by atoms with van der Waals surface area (Å²) in [7, 11) is 0. The molecule has 0 rings (SSSR count). The molecule has 4 heteroatoms. The molecule has 0 heterocycles. The molecule has 0 radical (unpaired) electrons. The van der Waals surface area contributed by atoms with Gasteiger partial charge in [-0.3, -0.25) is 0 Å². The first kappa shape index (κ1) is 23.2. The first-order valence-electron chi connectivity index (χ1n) is 0. The topological polar surface area (TPSA) is 35.0 Å². The zero-order valence-corrected chi connectivity index (χ0v) is 0.707. The molecule has 4 heavy (non-hydrogen) atoms. The third kappa shape index (κ3) is 9.98. The van der Waals surface area contributed by atoms with E-state index in [1.807, 2.05) is 0 Å². The van der Waals surface area contributed by atoms with E-state index in [0.29, 0.717) is 0 Å². The van der Waals surface area contributed by atoms with E-state index in [2.05, 4.69) is 0 Å². The number of rotatable bonds is 0. The fourth-order valence-electron chi connectivity index (χ4n) is 0. The van der Waals surface area contributed by atoms with Gasteiger partial charge in [-0.05, 0) is 0 Å².